The lowest BCUT2D eigenvalue weighted by Crippen LogP contribution is -2.41. The molecule has 0 radical (unpaired) electrons. The Morgan fingerprint density at radius 1 is 1.24 bits per heavy atom. The highest BCUT2D eigenvalue weighted by Crippen LogP contribution is 2.35. The van der Waals surface area contributed by atoms with Crippen molar-refractivity contribution < 1.29 is 4.79 Å². The van der Waals surface area contributed by atoms with E-state index in [1.54, 1.807) is 17.0 Å². The van der Waals surface area contributed by atoms with Gasteiger partial charge in [0.05, 0.1) is 40.5 Å². The van der Waals surface area contributed by atoms with Crippen LogP contribution >= 0.6 is 0 Å². The number of carbonyl (C=O) groups excluding carboxylic acids is 1. The highest BCUT2D eigenvalue weighted by atomic mass is 16.2. The minimum atomic E-state index is -0.371. The zero-order valence-electron chi connectivity index (χ0n) is 19.4. The lowest BCUT2D eigenvalue weighted by Gasteiger charge is -2.33. The Balaban J connectivity index is 1.42. The molecule has 0 aromatic carbocycles. The number of nitrogens with one attached hydrogen (secondary N) is 1. The number of hydrogen-bond donors (Lipinski definition) is 1. The number of imidazole rings is 1. The molecule has 5 aromatic rings. The fourth-order valence-electron chi connectivity index (χ4n) is 4.91. The van der Waals surface area contributed by atoms with Crippen molar-refractivity contribution in [1.29, 1.82) is 0 Å². The minimum Gasteiger partial charge on any atom is -0.348 e. The summed E-state index contributed by atoms with van der Waals surface area (Å²) in [4.78, 5) is 25.8. The van der Waals surface area contributed by atoms with Crippen LogP contribution in [0.3, 0.4) is 0 Å². The van der Waals surface area contributed by atoms with E-state index in [0.717, 1.165) is 52.3 Å². The van der Waals surface area contributed by atoms with Crippen LogP contribution in [-0.4, -0.2) is 65.5 Å². The van der Waals surface area contributed by atoms with Gasteiger partial charge in [0.1, 0.15) is 6.04 Å². The molecule has 0 saturated carbocycles. The third-order valence-electron chi connectivity index (χ3n) is 6.47. The van der Waals surface area contributed by atoms with E-state index in [4.69, 9.17) is 5.10 Å². The average Bonchev–Trinajstić information content (AvgIpc) is 3.55. The van der Waals surface area contributed by atoms with Gasteiger partial charge in [-0.25, -0.2) is 14.0 Å². The molecule has 1 aliphatic heterocycles. The van der Waals surface area contributed by atoms with Crippen LogP contribution in [-0.2, 0) is 13.0 Å². The summed E-state index contributed by atoms with van der Waals surface area (Å²) in [6, 6.07) is 11.8. The summed E-state index contributed by atoms with van der Waals surface area (Å²) in [7, 11) is 4.06. The maximum Gasteiger partial charge on any atom is 0.258 e. The van der Waals surface area contributed by atoms with Crippen molar-refractivity contribution in [1.82, 2.24) is 39.0 Å². The van der Waals surface area contributed by atoms with Crippen molar-refractivity contribution in [3.63, 3.8) is 0 Å². The molecule has 6 heterocycles. The molecular weight excluding hydrogens is 428 g/mol. The van der Waals surface area contributed by atoms with Crippen LogP contribution in [0.2, 0.25) is 0 Å². The Labute approximate surface area is 196 Å². The summed E-state index contributed by atoms with van der Waals surface area (Å²) in [6.45, 7) is 3.40. The molecule has 34 heavy (non-hydrogen) atoms. The van der Waals surface area contributed by atoms with E-state index in [1.807, 2.05) is 67.0 Å². The minimum absolute atomic E-state index is 0.0669. The molecule has 9 heteroatoms. The van der Waals surface area contributed by atoms with Crippen LogP contribution in [0.5, 0.6) is 0 Å². The first kappa shape index (κ1) is 20.6. The average molecular weight is 455 g/mol. The van der Waals surface area contributed by atoms with Crippen LogP contribution in [0.25, 0.3) is 11.0 Å². The molecule has 0 aliphatic carbocycles. The molecule has 6 rings (SSSR count). The molecule has 172 valence electrons. The van der Waals surface area contributed by atoms with Crippen LogP contribution in [0, 0.1) is 6.92 Å². The van der Waals surface area contributed by atoms with Gasteiger partial charge in [-0.3, -0.25) is 4.79 Å². The van der Waals surface area contributed by atoms with Crippen molar-refractivity contribution in [2.75, 3.05) is 20.6 Å². The second-order valence-corrected chi connectivity index (χ2v) is 9.15. The Hall–Kier alpha value is -3.98. The van der Waals surface area contributed by atoms with Gasteiger partial charge in [0.2, 0.25) is 0 Å². The van der Waals surface area contributed by atoms with Crippen LogP contribution < -0.4 is 0 Å². The molecule has 1 N–H and O–H groups in total. The van der Waals surface area contributed by atoms with E-state index in [0.29, 0.717) is 12.1 Å². The molecule has 0 spiro atoms. The fourth-order valence-corrected chi connectivity index (χ4v) is 4.91. The molecule has 0 unspecified atom stereocenters. The zero-order valence-corrected chi connectivity index (χ0v) is 19.4. The molecule has 0 fully saturated rings. The van der Waals surface area contributed by atoms with Crippen LogP contribution in [0.15, 0.2) is 55.1 Å². The molecule has 9 nitrogen and oxygen atoms in total. The second kappa shape index (κ2) is 7.81. The number of nitrogens with zero attached hydrogens (tertiary/aromatic N) is 7. The topological polar surface area (TPSA) is 86.8 Å². The summed E-state index contributed by atoms with van der Waals surface area (Å²) in [6.07, 6.45) is 6.07. The predicted molar refractivity (Wildman–Crippen MR) is 128 cm³/mol. The molecule has 1 amide bonds. The summed E-state index contributed by atoms with van der Waals surface area (Å²) in [5.74, 6) is -0.0669. The highest BCUT2D eigenvalue weighted by molar-refractivity contribution is 6.01. The zero-order chi connectivity index (χ0) is 23.4. The fraction of sp³-hybridized carbons (Fsp3) is 0.280. The third kappa shape index (κ3) is 3.28. The smallest absolute Gasteiger partial charge is 0.258 e. The molecule has 1 aliphatic rings. The number of aromatic amines is 1. The lowest BCUT2D eigenvalue weighted by molar-refractivity contribution is 0.0689. The van der Waals surface area contributed by atoms with Crippen molar-refractivity contribution in [3.05, 3.63) is 89.0 Å². The molecule has 5 aromatic heterocycles. The van der Waals surface area contributed by atoms with Crippen molar-refractivity contribution in [2.45, 2.75) is 25.9 Å². The van der Waals surface area contributed by atoms with Gasteiger partial charge in [0.25, 0.3) is 5.91 Å². The first-order valence-corrected chi connectivity index (χ1v) is 11.4. The predicted octanol–water partition coefficient (Wildman–Crippen LogP) is 2.86. The number of H-pyrrole nitrogens is 1. The number of aromatic nitrogens is 6. The first-order chi connectivity index (χ1) is 16.5. The Morgan fingerprint density at radius 2 is 2.12 bits per heavy atom. The van der Waals surface area contributed by atoms with Gasteiger partial charge in [-0.1, -0.05) is 12.1 Å². The SMILES string of the molecule is Cc1cccc2cc([C@@H]3c4nc[nH]c4CCN3C(=O)c3cnn4cc(CN(C)C)ccc34)nn12. The summed E-state index contributed by atoms with van der Waals surface area (Å²) in [5.41, 5.74) is 7.26. The van der Waals surface area contributed by atoms with Crippen LogP contribution in [0.4, 0.5) is 0 Å². The number of carbonyl (C=O) groups is 1. The maximum absolute atomic E-state index is 13.9. The number of hydrogen-bond acceptors (Lipinski definition) is 5. The first-order valence-electron chi connectivity index (χ1n) is 11.4. The summed E-state index contributed by atoms with van der Waals surface area (Å²) >= 11 is 0. The van der Waals surface area contributed by atoms with Gasteiger partial charge in [-0.2, -0.15) is 10.2 Å². The van der Waals surface area contributed by atoms with E-state index < -0.39 is 0 Å². The van der Waals surface area contributed by atoms with Crippen molar-refractivity contribution >= 4 is 16.9 Å². The monoisotopic (exact) mass is 454 g/mol. The van der Waals surface area contributed by atoms with E-state index in [-0.39, 0.29) is 11.9 Å². The molecule has 1 atom stereocenters. The van der Waals surface area contributed by atoms with Gasteiger partial charge < -0.3 is 14.8 Å². The Morgan fingerprint density at radius 3 is 2.94 bits per heavy atom. The van der Waals surface area contributed by atoms with Gasteiger partial charge in [0, 0.05) is 37.1 Å². The normalized spacial score (nSPS) is 16.0. The van der Waals surface area contributed by atoms with Gasteiger partial charge in [0.15, 0.2) is 0 Å². The third-order valence-corrected chi connectivity index (χ3v) is 6.47. The number of pyridine rings is 2. The van der Waals surface area contributed by atoms with E-state index in [9.17, 15) is 4.79 Å². The lowest BCUT2D eigenvalue weighted by atomic mass is 9.98. The van der Waals surface area contributed by atoms with E-state index in [2.05, 4.69) is 26.0 Å². The number of rotatable bonds is 4. The number of fused-ring (bicyclic) bond motifs is 3. The van der Waals surface area contributed by atoms with Gasteiger partial charge >= 0.3 is 0 Å². The van der Waals surface area contributed by atoms with Gasteiger partial charge in [-0.15, -0.1) is 0 Å². The number of amides is 1. The molecule has 0 bridgehead atoms. The highest BCUT2D eigenvalue weighted by Gasteiger charge is 2.37. The molecule has 0 saturated heterocycles. The van der Waals surface area contributed by atoms with E-state index >= 15 is 0 Å². The summed E-state index contributed by atoms with van der Waals surface area (Å²) < 4.78 is 3.71. The van der Waals surface area contributed by atoms with Crippen LogP contribution in [0.1, 0.15) is 44.7 Å². The number of aryl methyl sites for hydroxylation is 1. The maximum atomic E-state index is 13.9. The van der Waals surface area contributed by atoms with Crippen molar-refractivity contribution in [3.8, 4) is 0 Å². The van der Waals surface area contributed by atoms with E-state index in [1.165, 1.54) is 0 Å². The Kier molecular flexibility index (Phi) is 4.73. The Bertz CT molecular complexity index is 1520. The van der Waals surface area contributed by atoms with Gasteiger partial charge in [-0.05, 0) is 50.8 Å². The summed E-state index contributed by atoms with van der Waals surface area (Å²) in [5, 5.41) is 9.36. The quantitative estimate of drug-likeness (QED) is 0.451. The second-order valence-electron chi connectivity index (χ2n) is 9.15. The van der Waals surface area contributed by atoms with Crippen molar-refractivity contribution in [2.24, 2.45) is 0 Å². The molecular formula is C25H26N8O. The standard InChI is InChI=1S/C25H26N8O/c1-16-5-4-6-18-11-21(29-33(16)18)24-23-20(26-15-27-23)9-10-31(24)25(34)19-12-28-32-14-17(13-30(2)3)7-8-22(19)32/h4-8,11-12,14-15,24H,9-10,13H2,1-3H3,(H,26,27)/t24-/m1/s1. The largest absolute Gasteiger partial charge is 0.348 e.